The Hall–Kier alpha value is -0.740. The third kappa shape index (κ3) is 2.90. The van der Waals surface area contributed by atoms with Gasteiger partial charge in [-0.15, -0.1) is 11.6 Å². The van der Waals surface area contributed by atoms with Crippen molar-refractivity contribution >= 4 is 34.2 Å². The second-order valence-corrected chi connectivity index (χ2v) is 6.51. The highest BCUT2D eigenvalue weighted by molar-refractivity contribution is 14.1. The zero-order chi connectivity index (χ0) is 13.2. The summed E-state index contributed by atoms with van der Waals surface area (Å²) in [4.78, 5) is 0. The van der Waals surface area contributed by atoms with Crippen molar-refractivity contribution in [3.05, 3.63) is 62.7 Å². The van der Waals surface area contributed by atoms with Crippen LogP contribution in [-0.4, -0.2) is 6.61 Å². The quantitative estimate of drug-likeness (QED) is 0.548. The van der Waals surface area contributed by atoms with Crippen LogP contribution in [0.5, 0.6) is 5.75 Å². The van der Waals surface area contributed by atoms with Crippen molar-refractivity contribution in [2.75, 3.05) is 6.61 Å². The van der Waals surface area contributed by atoms with E-state index in [9.17, 15) is 0 Å². The van der Waals surface area contributed by atoms with Gasteiger partial charge >= 0.3 is 0 Å². The molecule has 0 saturated heterocycles. The molecule has 2 aromatic rings. The van der Waals surface area contributed by atoms with E-state index in [1.54, 1.807) is 0 Å². The number of hydrogen-bond donors (Lipinski definition) is 0. The van der Waals surface area contributed by atoms with Crippen LogP contribution in [0.15, 0.2) is 42.5 Å². The van der Waals surface area contributed by atoms with E-state index in [0.717, 1.165) is 30.8 Å². The lowest BCUT2D eigenvalue weighted by molar-refractivity contribution is 0.353. The van der Waals surface area contributed by atoms with Crippen LogP contribution in [0.4, 0.5) is 0 Å². The molecule has 3 heteroatoms. The highest BCUT2D eigenvalue weighted by Gasteiger charge is 2.22. The molecule has 0 amide bonds. The van der Waals surface area contributed by atoms with Crippen LogP contribution in [0.1, 0.15) is 22.1 Å². The van der Waals surface area contributed by atoms with E-state index >= 15 is 0 Å². The highest BCUT2D eigenvalue weighted by atomic mass is 127. The minimum absolute atomic E-state index is 0.0380. The van der Waals surface area contributed by atoms with Crippen molar-refractivity contribution in [1.82, 2.24) is 0 Å². The van der Waals surface area contributed by atoms with E-state index < -0.39 is 0 Å². The Morgan fingerprint density at radius 3 is 2.79 bits per heavy atom. The summed E-state index contributed by atoms with van der Waals surface area (Å²) in [5.41, 5.74) is 3.68. The third-order valence-electron chi connectivity index (χ3n) is 3.37. The predicted molar refractivity (Wildman–Crippen MR) is 87.1 cm³/mol. The second kappa shape index (κ2) is 5.71. The van der Waals surface area contributed by atoms with Crippen molar-refractivity contribution in [1.29, 1.82) is 0 Å². The molecule has 1 aliphatic rings. The van der Waals surface area contributed by atoms with Crippen molar-refractivity contribution in [3.8, 4) is 5.75 Å². The van der Waals surface area contributed by atoms with E-state index in [2.05, 4.69) is 59.0 Å². The molecular formula is C16H14ClIO. The van der Waals surface area contributed by atoms with Gasteiger partial charge in [-0.05, 0) is 52.3 Å². The van der Waals surface area contributed by atoms with Gasteiger partial charge in [0.25, 0.3) is 0 Å². The summed E-state index contributed by atoms with van der Waals surface area (Å²) in [5.74, 6) is 1.01. The van der Waals surface area contributed by atoms with Crippen molar-refractivity contribution in [2.45, 2.75) is 18.2 Å². The minimum Gasteiger partial charge on any atom is -0.493 e. The molecule has 1 aliphatic heterocycles. The summed E-state index contributed by atoms with van der Waals surface area (Å²) in [7, 11) is 0. The fraction of sp³-hybridized carbons (Fsp3) is 0.250. The molecule has 0 saturated carbocycles. The van der Waals surface area contributed by atoms with Crippen LogP contribution < -0.4 is 4.74 Å². The lowest BCUT2D eigenvalue weighted by Gasteiger charge is -2.14. The maximum atomic E-state index is 6.61. The van der Waals surface area contributed by atoms with Gasteiger partial charge in [0.15, 0.2) is 0 Å². The smallest absolute Gasteiger partial charge is 0.127 e. The molecule has 1 atom stereocenters. The monoisotopic (exact) mass is 384 g/mol. The fourth-order valence-electron chi connectivity index (χ4n) is 2.46. The largest absolute Gasteiger partial charge is 0.493 e. The molecule has 0 radical (unpaired) electrons. The van der Waals surface area contributed by atoms with Crippen LogP contribution >= 0.6 is 34.2 Å². The molecule has 98 valence electrons. The summed E-state index contributed by atoms with van der Waals surface area (Å²) < 4.78 is 6.99. The van der Waals surface area contributed by atoms with Gasteiger partial charge in [0.05, 0.1) is 12.0 Å². The van der Waals surface area contributed by atoms with Gasteiger partial charge < -0.3 is 4.74 Å². The first-order valence-electron chi connectivity index (χ1n) is 6.37. The van der Waals surface area contributed by atoms with Crippen LogP contribution in [0.25, 0.3) is 0 Å². The standard InChI is InChI=1S/C16H14ClIO/c17-15(8-11-4-2-1-3-5-11)14-10-13(18)9-12-6-7-19-16(12)14/h1-5,9-10,15H,6-8H2. The van der Waals surface area contributed by atoms with E-state index in [1.807, 2.05) is 6.07 Å². The zero-order valence-corrected chi connectivity index (χ0v) is 13.3. The molecule has 0 aromatic heterocycles. The Bertz CT molecular complexity index is 583. The molecule has 3 rings (SSSR count). The van der Waals surface area contributed by atoms with Crippen molar-refractivity contribution in [2.24, 2.45) is 0 Å². The Morgan fingerprint density at radius 2 is 2.00 bits per heavy atom. The summed E-state index contributed by atoms with van der Waals surface area (Å²) >= 11 is 8.96. The molecule has 0 fully saturated rings. The Balaban J connectivity index is 1.90. The second-order valence-electron chi connectivity index (χ2n) is 4.74. The van der Waals surface area contributed by atoms with Crippen LogP contribution in [0.3, 0.4) is 0 Å². The van der Waals surface area contributed by atoms with Gasteiger partial charge in [-0.2, -0.15) is 0 Å². The fourth-order valence-corrected chi connectivity index (χ4v) is 3.51. The Labute approximate surface area is 132 Å². The number of hydrogen-bond acceptors (Lipinski definition) is 1. The molecule has 1 nitrogen and oxygen atoms in total. The third-order valence-corrected chi connectivity index (χ3v) is 4.38. The first kappa shape index (κ1) is 13.3. The normalized spacial score (nSPS) is 14.8. The Morgan fingerprint density at radius 1 is 1.21 bits per heavy atom. The SMILES string of the molecule is ClC(Cc1ccccc1)c1cc(I)cc2c1OCC2. The summed E-state index contributed by atoms with van der Waals surface area (Å²) in [6.07, 6.45) is 1.83. The number of halogens is 2. The summed E-state index contributed by atoms with van der Waals surface area (Å²) in [6.45, 7) is 0.775. The first-order chi connectivity index (χ1) is 9.24. The van der Waals surface area contributed by atoms with Gasteiger partial charge in [0.1, 0.15) is 5.75 Å². The number of fused-ring (bicyclic) bond motifs is 1. The number of ether oxygens (including phenoxy) is 1. The van der Waals surface area contributed by atoms with Crippen LogP contribution in [-0.2, 0) is 12.8 Å². The summed E-state index contributed by atoms with van der Waals surface area (Å²) in [5, 5.41) is -0.0380. The van der Waals surface area contributed by atoms with Gasteiger partial charge in [0.2, 0.25) is 0 Å². The maximum Gasteiger partial charge on any atom is 0.127 e. The summed E-state index contributed by atoms with van der Waals surface area (Å²) in [6, 6.07) is 14.7. The zero-order valence-electron chi connectivity index (χ0n) is 10.4. The number of alkyl halides is 1. The predicted octanol–water partition coefficient (Wildman–Crippen LogP) is 4.75. The molecule has 19 heavy (non-hydrogen) atoms. The van der Waals surface area contributed by atoms with Gasteiger partial charge in [-0.1, -0.05) is 30.3 Å². The first-order valence-corrected chi connectivity index (χ1v) is 7.88. The maximum absolute atomic E-state index is 6.61. The molecule has 0 aliphatic carbocycles. The van der Waals surface area contributed by atoms with E-state index in [0.29, 0.717) is 0 Å². The van der Waals surface area contributed by atoms with Crippen LogP contribution in [0, 0.1) is 3.57 Å². The molecule has 0 N–H and O–H groups in total. The average Bonchev–Trinajstić information content (AvgIpc) is 2.86. The van der Waals surface area contributed by atoms with Gasteiger partial charge in [-0.3, -0.25) is 0 Å². The molecule has 1 unspecified atom stereocenters. The van der Waals surface area contributed by atoms with E-state index in [1.165, 1.54) is 14.7 Å². The average molecular weight is 385 g/mol. The van der Waals surface area contributed by atoms with Crippen molar-refractivity contribution in [3.63, 3.8) is 0 Å². The minimum atomic E-state index is -0.0380. The van der Waals surface area contributed by atoms with Gasteiger partial charge in [0, 0.05) is 15.6 Å². The Kier molecular flexibility index (Phi) is 3.99. The topological polar surface area (TPSA) is 9.23 Å². The van der Waals surface area contributed by atoms with E-state index in [-0.39, 0.29) is 5.38 Å². The van der Waals surface area contributed by atoms with Crippen LogP contribution in [0.2, 0.25) is 0 Å². The van der Waals surface area contributed by atoms with E-state index in [4.69, 9.17) is 16.3 Å². The highest BCUT2D eigenvalue weighted by Crippen LogP contribution is 2.39. The number of benzene rings is 2. The molecular weight excluding hydrogens is 371 g/mol. The lowest BCUT2D eigenvalue weighted by Crippen LogP contribution is -1.99. The number of rotatable bonds is 3. The lowest BCUT2D eigenvalue weighted by atomic mass is 10.0. The molecule has 1 heterocycles. The molecule has 0 bridgehead atoms. The molecule has 0 spiro atoms. The van der Waals surface area contributed by atoms with Crippen molar-refractivity contribution < 1.29 is 4.74 Å². The molecule has 2 aromatic carbocycles. The van der Waals surface area contributed by atoms with Gasteiger partial charge in [-0.25, -0.2) is 0 Å².